The maximum atomic E-state index is 4.41. The highest BCUT2D eigenvalue weighted by atomic mass is 127. The highest BCUT2D eigenvalue weighted by Crippen LogP contribution is 2.20. The van der Waals surface area contributed by atoms with Gasteiger partial charge in [0.15, 0.2) is 5.96 Å². The second kappa shape index (κ2) is 13.5. The molecule has 0 saturated carbocycles. The highest BCUT2D eigenvalue weighted by molar-refractivity contribution is 14.0. The largest absolute Gasteiger partial charge is 0.372 e. The second-order valence-electron chi connectivity index (χ2n) is 6.74. The van der Waals surface area contributed by atoms with E-state index >= 15 is 0 Å². The Bertz CT molecular complexity index is 515. The molecule has 1 heterocycles. The second-order valence-corrected chi connectivity index (χ2v) is 7.73. The normalized spacial score (nSPS) is 14.7. The van der Waals surface area contributed by atoms with Gasteiger partial charge in [-0.3, -0.25) is 4.99 Å². The van der Waals surface area contributed by atoms with Crippen LogP contribution in [0.4, 0.5) is 5.69 Å². The van der Waals surface area contributed by atoms with Crippen molar-refractivity contribution in [2.75, 3.05) is 50.6 Å². The van der Waals surface area contributed by atoms with Crippen LogP contribution in [-0.2, 0) is 6.54 Å². The molecule has 0 bridgehead atoms. The standard InChI is InChI=1S/C20H34N4S.HI/c1-21-20(22-13-5-8-16-25-3)23(2)17-18-9-11-19(12-10-18)24-14-6-4-7-15-24;/h9-12H,4-8,13-17H2,1-3H3,(H,21,22);1H. The van der Waals surface area contributed by atoms with Crippen molar-refractivity contribution < 1.29 is 0 Å². The molecule has 0 atom stereocenters. The number of guanidine groups is 1. The Kier molecular flexibility index (Phi) is 12.2. The van der Waals surface area contributed by atoms with E-state index in [-0.39, 0.29) is 24.0 Å². The van der Waals surface area contributed by atoms with Crippen LogP contribution in [0.2, 0.25) is 0 Å². The van der Waals surface area contributed by atoms with E-state index in [2.05, 4.69) is 57.7 Å². The van der Waals surface area contributed by atoms with E-state index in [1.165, 1.54) is 62.2 Å². The molecule has 0 amide bonds. The third-order valence-electron chi connectivity index (χ3n) is 4.71. The minimum Gasteiger partial charge on any atom is -0.372 e. The van der Waals surface area contributed by atoms with Crippen molar-refractivity contribution in [3.8, 4) is 0 Å². The lowest BCUT2D eigenvalue weighted by Crippen LogP contribution is -2.38. The predicted octanol–water partition coefficient (Wildman–Crippen LogP) is 4.45. The summed E-state index contributed by atoms with van der Waals surface area (Å²) < 4.78 is 0. The SMILES string of the molecule is CN=C(NCCCCSC)N(C)Cc1ccc(N2CCCCC2)cc1.I. The molecule has 0 aliphatic carbocycles. The first-order valence-corrected chi connectivity index (χ1v) is 10.9. The molecular formula is C20H35IN4S. The van der Waals surface area contributed by atoms with Gasteiger partial charge in [-0.1, -0.05) is 12.1 Å². The molecule has 0 spiro atoms. The van der Waals surface area contributed by atoms with Gasteiger partial charge >= 0.3 is 0 Å². The first kappa shape index (κ1) is 23.4. The Morgan fingerprint density at radius 1 is 1.15 bits per heavy atom. The topological polar surface area (TPSA) is 30.9 Å². The zero-order chi connectivity index (χ0) is 17.9. The lowest BCUT2D eigenvalue weighted by molar-refractivity contribution is 0.475. The molecule has 1 saturated heterocycles. The third-order valence-corrected chi connectivity index (χ3v) is 5.41. The molecule has 1 N–H and O–H groups in total. The summed E-state index contributed by atoms with van der Waals surface area (Å²) in [5.74, 6) is 2.21. The molecule has 0 aromatic heterocycles. The first-order chi connectivity index (χ1) is 12.2. The van der Waals surface area contributed by atoms with E-state index in [9.17, 15) is 0 Å². The van der Waals surface area contributed by atoms with Gasteiger partial charge in [-0.2, -0.15) is 11.8 Å². The molecule has 26 heavy (non-hydrogen) atoms. The van der Waals surface area contributed by atoms with Crippen molar-refractivity contribution >= 4 is 47.4 Å². The summed E-state index contributed by atoms with van der Waals surface area (Å²) in [5.41, 5.74) is 2.69. The van der Waals surface area contributed by atoms with Crippen LogP contribution in [0.5, 0.6) is 0 Å². The molecule has 1 aliphatic rings. The molecule has 0 unspecified atom stereocenters. The van der Waals surface area contributed by atoms with E-state index in [1.807, 2.05) is 18.8 Å². The summed E-state index contributed by atoms with van der Waals surface area (Å²) in [7, 11) is 3.97. The number of benzene rings is 1. The van der Waals surface area contributed by atoms with Gasteiger partial charge in [-0.25, -0.2) is 0 Å². The molecular weight excluding hydrogens is 455 g/mol. The minimum atomic E-state index is 0. The van der Waals surface area contributed by atoms with E-state index < -0.39 is 0 Å². The summed E-state index contributed by atoms with van der Waals surface area (Å²) in [6.45, 7) is 4.27. The highest BCUT2D eigenvalue weighted by Gasteiger charge is 2.11. The van der Waals surface area contributed by atoms with Crippen molar-refractivity contribution in [2.45, 2.75) is 38.6 Å². The summed E-state index contributed by atoms with van der Waals surface area (Å²) in [6.07, 6.45) is 8.64. The number of thioether (sulfide) groups is 1. The average molecular weight is 490 g/mol. The number of aliphatic imine (C=N–C) groups is 1. The maximum absolute atomic E-state index is 4.41. The van der Waals surface area contributed by atoms with E-state index in [1.54, 1.807) is 0 Å². The van der Waals surface area contributed by atoms with Crippen molar-refractivity contribution in [3.05, 3.63) is 29.8 Å². The maximum Gasteiger partial charge on any atom is 0.193 e. The lowest BCUT2D eigenvalue weighted by Gasteiger charge is -2.29. The molecule has 0 radical (unpaired) electrons. The molecule has 1 fully saturated rings. The van der Waals surface area contributed by atoms with E-state index in [4.69, 9.17) is 0 Å². The smallest absolute Gasteiger partial charge is 0.193 e. The fraction of sp³-hybridized carbons (Fsp3) is 0.650. The first-order valence-electron chi connectivity index (χ1n) is 9.49. The molecule has 2 rings (SSSR count). The fourth-order valence-electron chi connectivity index (χ4n) is 3.27. The van der Waals surface area contributed by atoms with Gasteiger partial charge in [0.2, 0.25) is 0 Å². The molecule has 6 heteroatoms. The quantitative estimate of drug-likeness (QED) is 0.253. The summed E-state index contributed by atoms with van der Waals surface area (Å²) in [4.78, 5) is 9.12. The Hall–Kier alpha value is -0.630. The molecule has 4 nitrogen and oxygen atoms in total. The molecule has 1 aromatic rings. The van der Waals surface area contributed by atoms with Crippen LogP contribution in [0.25, 0.3) is 0 Å². The van der Waals surface area contributed by atoms with Crippen LogP contribution >= 0.6 is 35.7 Å². The number of rotatable bonds is 8. The Morgan fingerprint density at radius 2 is 1.85 bits per heavy atom. The van der Waals surface area contributed by atoms with Crippen molar-refractivity contribution in [1.82, 2.24) is 10.2 Å². The average Bonchev–Trinajstić information content (AvgIpc) is 2.66. The van der Waals surface area contributed by atoms with Crippen LogP contribution in [-0.4, -0.2) is 56.6 Å². The molecule has 148 valence electrons. The number of halogens is 1. The van der Waals surface area contributed by atoms with Gasteiger partial charge in [0.25, 0.3) is 0 Å². The van der Waals surface area contributed by atoms with Crippen LogP contribution in [0.1, 0.15) is 37.7 Å². The number of anilines is 1. The minimum absolute atomic E-state index is 0. The van der Waals surface area contributed by atoms with Gasteiger partial charge in [0.1, 0.15) is 0 Å². The van der Waals surface area contributed by atoms with E-state index in [0.717, 1.165) is 19.0 Å². The van der Waals surface area contributed by atoms with Gasteiger partial charge < -0.3 is 15.1 Å². The number of piperidine rings is 1. The molecule has 1 aromatic carbocycles. The Balaban J connectivity index is 0.00000338. The van der Waals surface area contributed by atoms with Crippen LogP contribution < -0.4 is 10.2 Å². The fourth-order valence-corrected chi connectivity index (χ4v) is 3.76. The van der Waals surface area contributed by atoms with Gasteiger partial charge in [-0.05, 0) is 61.8 Å². The zero-order valence-electron chi connectivity index (χ0n) is 16.5. The van der Waals surface area contributed by atoms with Crippen molar-refractivity contribution in [1.29, 1.82) is 0 Å². The van der Waals surface area contributed by atoms with Crippen molar-refractivity contribution in [2.24, 2.45) is 4.99 Å². The van der Waals surface area contributed by atoms with Crippen molar-refractivity contribution in [3.63, 3.8) is 0 Å². The van der Waals surface area contributed by atoms with Crippen LogP contribution in [0.3, 0.4) is 0 Å². The van der Waals surface area contributed by atoms with Crippen LogP contribution in [0, 0.1) is 0 Å². The number of hydrogen-bond donors (Lipinski definition) is 1. The Morgan fingerprint density at radius 3 is 2.46 bits per heavy atom. The monoisotopic (exact) mass is 490 g/mol. The summed E-state index contributed by atoms with van der Waals surface area (Å²) in [5, 5.41) is 3.47. The Labute approximate surface area is 181 Å². The summed E-state index contributed by atoms with van der Waals surface area (Å²) >= 11 is 1.91. The summed E-state index contributed by atoms with van der Waals surface area (Å²) in [6, 6.07) is 9.05. The van der Waals surface area contributed by atoms with Gasteiger partial charge in [-0.15, -0.1) is 24.0 Å². The third kappa shape index (κ3) is 7.94. The number of nitrogens with zero attached hydrogens (tertiary/aromatic N) is 3. The number of hydrogen-bond acceptors (Lipinski definition) is 3. The van der Waals surface area contributed by atoms with Gasteiger partial charge in [0.05, 0.1) is 0 Å². The van der Waals surface area contributed by atoms with E-state index in [0.29, 0.717) is 0 Å². The lowest BCUT2D eigenvalue weighted by atomic mass is 10.1. The molecule has 1 aliphatic heterocycles. The number of unbranched alkanes of at least 4 members (excludes halogenated alkanes) is 1. The number of nitrogens with one attached hydrogen (secondary N) is 1. The zero-order valence-corrected chi connectivity index (χ0v) is 19.7. The van der Waals surface area contributed by atoms with Gasteiger partial charge in [0, 0.05) is 46.0 Å². The van der Waals surface area contributed by atoms with Crippen LogP contribution in [0.15, 0.2) is 29.3 Å². The predicted molar refractivity (Wildman–Crippen MR) is 128 cm³/mol.